The van der Waals surface area contributed by atoms with Gasteiger partial charge in [0.2, 0.25) is 0 Å². The maximum absolute atomic E-state index is 12.3. The average Bonchev–Trinajstić information content (AvgIpc) is 2.76. The summed E-state index contributed by atoms with van der Waals surface area (Å²) in [5.41, 5.74) is 0. The Balaban J connectivity index is 4.07. The van der Waals surface area contributed by atoms with Gasteiger partial charge in [0.1, 0.15) is 6.10 Å². The third-order valence-electron chi connectivity index (χ3n) is 6.41. The molecule has 0 aromatic rings. The Morgan fingerprint density at radius 3 is 1.94 bits per heavy atom. The fraction of sp³-hybridized carbons (Fsp3) is 0.964. The van der Waals surface area contributed by atoms with Gasteiger partial charge in [0.05, 0.1) is 47.1 Å². The second-order valence-electron chi connectivity index (χ2n) is 11.9. The Hall–Kier alpha value is -0.460. The number of unbranched alkanes of at least 4 members (excludes halogenated alkanes) is 9. The smallest absolute Gasteiger partial charge is 0.333 e. The zero-order valence-electron chi connectivity index (χ0n) is 24.6. The van der Waals surface area contributed by atoms with Crippen molar-refractivity contribution in [2.75, 3.05) is 53.7 Å². The normalized spacial score (nSPS) is 16.3. The average molecular weight is 537 g/mol. The van der Waals surface area contributed by atoms with Gasteiger partial charge in [0, 0.05) is 13.5 Å². The molecule has 0 rings (SSSR count). The topological polar surface area (TPSA) is 82.1 Å². The van der Waals surface area contributed by atoms with Gasteiger partial charge in [-0.2, -0.15) is 0 Å². The first kappa shape index (κ1) is 35.5. The van der Waals surface area contributed by atoms with Crippen LogP contribution in [0.3, 0.4) is 0 Å². The number of ether oxygens (including phenoxy) is 2. The Morgan fingerprint density at radius 1 is 0.861 bits per heavy atom. The number of carbonyl (C=O) groups excluding carboxylic acids is 1. The number of carbonyl (C=O) groups is 1. The number of quaternary nitrogens is 1. The summed E-state index contributed by atoms with van der Waals surface area (Å²) in [4.78, 5) is 21.5. The molecular weight excluding hydrogens is 477 g/mol. The first-order valence-corrected chi connectivity index (χ1v) is 16.1. The summed E-state index contributed by atoms with van der Waals surface area (Å²) in [5.74, 6) is 0.603. The predicted molar refractivity (Wildman–Crippen MR) is 149 cm³/mol. The maximum atomic E-state index is 12.3. The number of rotatable bonds is 24. The second kappa shape index (κ2) is 20.5. The van der Waals surface area contributed by atoms with E-state index in [0.29, 0.717) is 29.5 Å². The van der Waals surface area contributed by atoms with E-state index < -0.39 is 19.7 Å². The SMILES string of the molecule is CCCCCCCCCCCCC(C)CC(C)COCC(COP(=O)(O)CC[N+](C)(C)C)OC(C)=O. The van der Waals surface area contributed by atoms with E-state index >= 15 is 0 Å². The highest BCUT2D eigenvalue weighted by atomic mass is 31.2. The van der Waals surface area contributed by atoms with Crippen molar-refractivity contribution in [3.8, 4) is 0 Å². The molecule has 0 spiro atoms. The summed E-state index contributed by atoms with van der Waals surface area (Å²) < 4.78 is 29.2. The van der Waals surface area contributed by atoms with Gasteiger partial charge in [0.15, 0.2) is 0 Å². The van der Waals surface area contributed by atoms with Crippen LogP contribution in [0.2, 0.25) is 0 Å². The van der Waals surface area contributed by atoms with Crippen molar-refractivity contribution >= 4 is 13.6 Å². The van der Waals surface area contributed by atoms with Crippen molar-refractivity contribution in [2.24, 2.45) is 11.8 Å². The first-order chi connectivity index (χ1) is 16.8. The molecule has 216 valence electrons. The van der Waals surface area contributed by atoms with Gasteiger partial charge >= 0.3 is 13.6 Å². The quantitative estimate of drug-likeness (QED) is 0.0631. The van der Waals surface area contributed by atoms with E-state index in [2.05, 4.69) is 20.8 Å². The number of esters is 1. The monoisotopic (exact) mass is 536 g/mol. The fourth-order valence-electron chi connectivity index (χ4n) is 4.30. The third-order valence-corrected chi connectivity index (χ3v) is 7.73. The minimum absolute atomic E-state index is 0.0537. The second-order valence-corrected chi connectivity index (χ2v) is 13.8. The van der Waals surface area contributed by atoms with Crippen LogP contribution in [-0.2, 0) is 23.4 Å². The Bertz CT molecular complexity index is 595. The van der Waals surface area contributed by atoms with Crippen LogP contribution in [0.15, 0.2) is 0 Å². The molecule has 0 fully saturated rings. The van der Waals surface area contributed by atoms with Crippen LogP contribution >= 0.6 is 7.60 Å². The Labute approximate surface area is 222 Å². The van der Waals surface area contributed by atoms with Gasteiger partial charge in [-0.3, -0.25) is 9.36 Å². The largest absolute Gasteiger partial charge is 0.458 e. The molecule has 0 aliphatic rings. The highest BCUT2D eigenvalue weighted by Gasteiger charge is 2.26. The van der Waals surface area contributed by atoms with Crippen LogP contribution in [-0.4, -0.2) is 75.1 Å². The van der Waals surface area contributed by atoms with E-state index in [1.807, 2.05) is 21.1 Å². The highest BCUT2D eigenvalue weighted by molar-refractivity contribution is 7.52. The molecule has 1 N–H and O–H groups in total. The molecule has 0 aromatic carbocycles. The summed E-state index contributed by atoms with van der Waals surface area (Å²) in [7, 11) is 2.11. The van der Waals surface area contributed by atoms with Crippen molar-refractivity contribution in [2.45, 2.75) is 111 Å². The van der Waals surface area contributed by atoms with Crippen LogP contribution in [0.5, 0.6) is 0 Å². The van der Waals surface area contributed by atoms with E-state index in [1.165, 1.54) is 77.6 Å². The van der Waals surface area contributed by atoms with Crippen LogP contribution < -0.4 is 0 Å². The van der Waals surface area contributed by atoms with E-state index in [-0.39, 0.29) is 19.4 Å². The molecule has 0 aliphatic heterocycles. The molecule has 0 radical (unpaired) electrons. The number of hydrogen-bond donors (Lipinski definition) is 1. The van der Waals surface area contributed by atoms with Crippen molar-refractivity contribution in [3.05, 3.63) is 0 Å². The standard InChI is InChI=1S/C28H58NO6P/c1-8-9-10-11-12-13-14-15-16-17-18-25(2)21-26(3)22-33-23-28(35-27(4)30)24-34-36(31,32)20-19-29(5,6)7/h25-26,28H,8-24H2,1-7H3/p+1. The van der Waals surface area contributed by atoms with E-state index in [9.17, 15) is 14.3 Å². The predicted octanol–water partition coefficient (Wildman–Crippen LogP) is 6.82. The molecule has 8 heteroatoms. The van der Waals surface area contributed by atoms with Crippen LogP contribution in [0.4, 0.5) is 0 Å². The maximum Gasteiger partial charge on any atom is 0.333 e. The molecule has 0 aliphatic carbocycles. The summed E-state index contributed by atoms with van der Waals surface area (Å²) >= 11 is 0. The molecule has 0 bridgehead atoms. The van der Waals surface area contributed by atoms with Crippen molar-refractivity contribution < 1.29 is 32.7 Å². The van der Waals surface area contributed by atoms with Crippen molar-refractivity contribution in [1.82, 2.24) is 0 Å². The third kappa shape index (κ3) is 23.9. The molecule has 36 heavy (non-hydrogen) atoms. The van der Waals surface area contributed by atoms with Crippen molar-refractivity contribution in [3.63, 3.8) is 0 Å². The molecule has 0 aromatic heterocycles. The molecular formula is C28H59NO6P+. The summed E-state index contributed by atoms with van der Waals surface area (Å²) in [5, 5.41) is 0. The van der Waals surface area contributed by atoms with Crippen LogP contribution in [0, 0.1) is 11.8 Å². The van der Waals surface area contributed by atoms with Crippen LogP contribution in [0.25, 0.3) is 0 Å². The van der Waals surface area contributed by atoms with Crippen molar-refractivity contribution in [1.29, 1.82) is 0 Å². The number of nitrogens with zero attached hydrogens (tertiary/aromatic N) is 1. The van der Waals surface area contributed by atoms with Gasteiger partial charge in [-0.15, -0.1) is 0 Å². The Kier molecular flexibility index (Phi) is 20.2. The lowest BCUT2D eigenvalue weighted by Gasteiger charge is -2.25. The van der Waals surface area contributed by atoms with Crippen LogP contribution in [0.1, 0.15) is 105 Å². The molecule has 0 heterocycles. The summed E-state index contributed by atoms with van der Waals surface area (Å²) in [6.45, 7) is 9.17. The number of hydrogen-bond acceptors (Lipinski definition) is 5. The molecule has 0 saturated carbocycles. The lowest BCUT2D eigenvalue weighted by molar-refractivity contribution is -0.867. The van der Waals surface area contributed by atoms with E-state index in [1.54, 1.807) is 0 Å². The molecule has 7 nitrogen and oxygen atoms in total. The van der Waals surface area contributed by atoms with Gasteiger partial charge in [-0.25, -0.2) is 0 Å². The highest BCUT2D eigenvalue weighted by Crippen LogP contribution is 2.41. The Morgan fingerprint density at radius 2 is 1.42 bits per heavy atom. The zero-order valence-corrected chi connectivity index (χ0v) is 25.5. The summed E-state index contributed by atoms with van der Waals surface area (Å²) in [6, 6.07) is 0. The van der Waals surface area contributed by atoms with Gasteiger partial charge < -0.3 is 23.4 Å². The first-order valence-electron chi connectivity index (χ1n) is 14.4. The molecule has 0 amide bonds. The van der Waals surface area contributed by atoms with Gasteiger partial charge in [0.25, 0.3) is 0 Å². The molecule has 4 atom stereocenters. The fourth-order valence-corrected chi connectivity index (χ4v) is 5.68. The molecule has 4 unspecified atom stereocenters. The molecule has 0 saturated heterocycles. The summed E-state index contributed by atoms with van der Waals surface area (Å²) in [6.07, 6.45) is 15.4. The minimum Gasteiger partial charge on any atom is -0.458 e. The minimum atomic E-state index is -3.75. The lowest BCUT2D eigenvalue weighted by Crippen LogP contribution is -2.37. The van der Waals surface area contributed by atoms with Gasteiger partial charge in [-0.1, -0.05) is 91.4 Å². The van der Waals surface area contributed by atoms with E-state index in [0.717, 1.165) is 6.42 Å². The zero-order chi connectivity index (χ0) is 27.5. The van der Waals surface area contributed by atoms with Gasteiger partial charge in [-0.05, 0) is 18.3 Å². The lowest BCUT2D eigenvalue weighted by atomic mass is 9.93. The van der Waals surface area contributed by atoms with E-state index in [4.69, 9.17) is 14.0 Å².